The maximum absolute atomic E-state index is 9.87. The molecule has 1 aromatic rings. The van der Waals surface area contributed by atoms with Crippen LogP contribution in [0.15, 0.2) is 12.3 Å². The molecule has 0 aliphatic rings. The fourth-order valence-corrected chi connectivity index (χ4v) is 0.530. The van der Waals surface area contributed by atoms with E-state index < -0.39 is 5.03 Å². The molecule has 1 rings (SSSR count). The van der Waals surface area contributed by atoms with Crippen LogP contribution < -0.4 is 11.2 Å². The number of hydrogen-bond donors (Lipinski definition) is 2. The lowest BCUT2D eigenvalue weighted by molar-refractivity contribution is -0.445. The molecule has 0 atom stereocenters. The number of nitrogen functional groups attached to an aromatic ring is 1. The number of nitrogens with zero attached hydrogens (tertiary/aromatic N) is 3. The van der Waals surface area contributed by atoms with Crippen LogP contribution in [0.1, 0.15) is 0 Å². The standard InChI is InChI=1S/C4H5N5O2/c5-3-1-4(7-6-2-3)8-9(10)11/h1-2H,(H3,5,7,8). The van der Waals surface area contributed by atoms with E-state index in [1.165, 1.54) is 12.3 Å². The summed E-state index contributed by atoms with van der Waals surface area (Å²) in [6.45, 7) is 0. The van der Waals surface area contributed by atoms with Crippen molar-refractivity contribution >= 4 is 11.5 Å². The van der Waals surface area contributed by atoms with Gasteiger partial charge in [-0.05, 0) is 0 Å². The van der Waals surface area contributed by atoms with Crippen molar-refractivity contribution in [3.8, 4) is 0 Å². The van der Waals surface area contributed by atoms with Gasteiger partial charge >= 0.3 is 0 Å². The third kappa shape index (κ3) is 2.05. The van der Waals surface area contributed by atoms with E-state index in [4.69, 9.17) is 5.73 Å². The lowest BCUT2D eigenvalue weighted by Gasteiger charge is -1.94. The van der Waals surface area contributed by atoms with E-state index in [0.717, 1.165) is 0 Å². The molecule has 58 valence electrons. The molecule has 1 aromatic heterocycles. The molecule has 7 nitrogen and oxygen atoms in total. The van der Waals surface area contributed by atoms with Crippen molar-refractivity contribution < 1.29 is 5.03 Å². The minimum atomic E-state index is -0.733. The average molecular weight is 155 g/mol. The summed E-state index contributed by atoms with van der Waals surface area (Å²) in [6.07, 6.45) is 1.30. The average Bonchev–Trinajstić information content (AvgIpc) is 1.85. The minimum Gasteiger partial charge on any atom is -0.397 e. The lowest BCUT2D eigenvalue weighted by atomic mass is 10.5. The van der Waals surface area contributed by atoms with Gasteiger partial charge in [-0.25, -0.2) is 10.1 Å². The summed E-state index contributed by atoms with van der Waals surface area (Å²) in [6, 6.07) is 1.32. The molecule has 0 spiro atoms. The van der Waals surface area contributed by atoms with E-state index in [0.29, 0.717) is 5.69 Å². The van der Waals surface area contributed by atoms with Gasteiger partial charge in [-0.15, -0.1) is 5.10 Å². The molecule has 1 heterocycles. The summed E-state index contributed by atoms with van der Waals surface area (Å²) in [5.41, 5.74) is 7.41. The van der Waals surface area contributed by atoms with Crippen LogP contribution in [0.25, 0.3) is 0 Å². The van der Waals surface area contributed by atoms with E-state index in [-0.39, 0.29) is 5.82 Å². The predicted molar refractivity (Wildman–Crippen MR) is 37.1 cm³/mol. The molecular formula is C4H5N5O2. The largest absolute Gasteiger partial charge is 0.397 e. The fourth-order valence-electron chi connectivity index (χ4n) is 0.530. The highest BCUT2D eigenvalue weighted by Crippen LogP contribution is 2.04. The Morgan fingerprint density at radius 3 is 3.00 bits per heavy atom. The van der Waals surface area contributed by atoms with Gasteiger partial charge in [0, 0.05) is 6.07 Å². The number of anilines is 2. The number of nitro groups is 1. The van der Waals surface area contributed by atoms with Crippen LogP contribution in [-0.2, 0) is 0 Å². The third-order valence-corrected chi connectivity index (χ3v) is 0.881. The summed E-state index contributed by atoms with van der Waals surface area (Å²) in [7, 11) is 0. The monoisotopic (exact) mass is 155 g/mol. The highest BCUT2D eigenvalue weighted by atomic mass is 16.7. The van der Waals surface area contributed by atoms with Gasteiger partial charge in [0.2, 0.25) is 5.82 Å². The lowest BCUT2D eigenvalue weighted by Crippen LogP contribution is -2.10. The molecule has 11 heavy (non-hydrogen) atoms. The highest BCUT2D eigenvalue weighted by molar-refractivity contribution is 5.44. The van der Waals surface area contributed by atoms with E-state index in [1.54, 1.807) is 0 Å². The summed E-state index contributed by atoms with van der Waals surface area (Å²) in [5.74, 6) is 0.0231. The summed E-state index contributed by atoms with van der Waals surface area (Å²) >= 11 is 0. The van der Waals surface area contributed by atoms with Crippen molar-refractivity contribution in [2.24, 2.45) is 0 Å². The maximum Gasteiger partial charge on any atom is 0.214 e. The van der Waals surface area contributed by atoms with Gasteiger partial charge in [-0.1, -0.05) is 5.43 Å². The Kier molecular flexibility index (Phi) is 1.81. The van der Waals surface area contributed by atoms with E-state index in [1.807, 2.05) is 5.43 Å². The Labute approximate surface area is 61.4 Å². The van der Waals surface area contributed by atoms with Crippen LogP contribution in [-0.4, -0.2) is 15.2 Å². The molecule has 0 saturated heterocycles. The number of nitrogens with one attached hydrogen (secondary N) is 1. The molecular weight excluding hydrogens is 150 g/mol. The van der Waals surface area contributed by atoms with Crippen LogP contribution >= 0.6 is 0 Å². The Balaban J connectivity index is 2.79. The minimum absolute atomic E-state index is 0.0231. The van der Waals surface area contributed by atoms with E-state index >= 15 is 0 Å². The first-order valence-corrected chi connectivity index (χ1v) is 2.68. The Bertz CT molecular complexity index is 275. The second-order valence-electron chi connectivity index (χ2n) is 1.74. The first kappa shape index (κ1) is 7.19. The van der Waals surface area contributed by atoms with Gasteiger partial charge in [-0.2, -0.15) is 5.10 Å². The fraction of sp³-hybridized carbons (Fsp3) is 0. The molecule has 0 unspecified atom stereocenters. The molecule has 0 fully saturated rings. The number of aromatic nitrogens is 2. The van der Waals surface area contributed by atoms with Gasteiger partial charge in [0.15, 0.2) is 5.03 Å². The molecule has 0 saturated carbocycles. The molecule has 0 radical (unpaired) electrons. The van der Waals surface area contributed by atoms with Gasteiger partial charge in [0.1, 0.15) is 0 Å². The topological polar surface area (TPSA) is 107 Å². The van der Waals surface area contributed by atoms with Crippen LogP contribution in [0.2, 0.25) is 0 Å². The van der Waals surface area contributed by atoms with Crippen LogP contribution in [0.3, 0.4) is 0 Å². The van der Waals surface area contributed by atoms with Crippen molar-refractivity contribution in [1.82, 2.24) is 10.2 Å². The zero-order valence-electron chi connectivity index (χ0n) is 5.39. The van der Waals surface area contributed by atoms with Gasteiger partial charge in [0.05, 0.1) is 11.9 Å². The first-order valence-electron chi connectivity index (χ1n) is 2.68. The number of rotatable bonds is 2. The third-order valence-electron chi connectivity index (χ3n) is 0.881. The SMILES string of the molecule is Nc1cnnc(N[N+](=O)[O-])c1. The second-order valence-corrected chi connectivity index (χ2v) is 1.74. The van der Waals surface area contributed by atoms with Crippen molar-refractivity contribution in [1.29, 1.82) is 0 Å². The summed E-state index contributed by atoms with van der Waals surface area (Å²) < 4.78 is 0. The van der Waals surface area contributed by atoms with Crippen molar-refractivity contribution in [2.45, 2.75) is 0 Å². The Hall–Kier alpha value is -1.92. The molecule has 0 aliphatic heterocycles. The molecule has 3 N–H and O–H groups in total. The van der Waals surface area contributed by atoms with Crippen molar-refractivity contribution in [2.75, 3.05) is 11.2 Å². The predicted octanol–water partition coefficient (Wildman–Crippen LogP) is -0.338. The van der Waals surface area contributed by atoms with Gasteiger partial charge in [0.25, 0.3) is 0 Å². The van der Waals surface area contributed by atoms with Gasteiger partial charge in [-0.3, -0.25) is 0 Å². The second kappa shape index (κ2) is 2.78. The molecule has 0 bridgehead atoms. The zero-order chi connectivity index (χ0) is 8.27. The normalized spacial score (nSPS) is 9.09. The number of hydrogen-bond acceptors (Lipinski definition) is 5. The van der Waals surface area contributed by atoms with E-state index in [9.17, 15) is 10.1 Å². The molecule has 7 heteroatoms. The molecule has 0 aliphatic carbocycles. The van der Waals surface area contributed by atoms with Crippen LogP contribution in [0.5, 0.6) is 0 Å². The number of nitrogens with two attached hydrogens (primary N) is 1. The quantitative estimate of drug-likeness (QED) is 0.447. The summed E-state index contributed by atoms with van der Waals surface area (Å²) in [4.78, 5) is 9.87. The Morgan fingerprint density at radius 1 is 1.73 bits per heavy atom. The molecule has 0 aromatic carbocycles. The maximum atomic E-state index is 9.87. The summed E-state index contributed by atoms with van der Waals surface area (Å²) in [5, 5.41) is 15.9. The highest BCUT2D eigenvalue weighted by Gasteiger charge is 1.99. The number of hydrazine groups is 1. The zero-order valence-corrected chi connectivity index (χ0v) is 5.39. The first-order chi connectivity index (χ1) is 5.18. The van der Waals surface area contributed by atoms with E-state index in [2.05, 4.69) is 10.2 Å². The van der Waals surface area contributed by atoms with Crippen LogP contribution in [0.4, 0.5) is 11.5 Å². The smallest absolute Gasteiger partial charge is 0.214 e. The van der Waals surface area contributed by atoms with Gasteiger partial charge < -0.3 is 5.73 Å². The van der Waals surface area contributed by atoms with Crippen molar-refractivity contribution in [3.05, 3.63) is 22.4 Å². The van der Waals surface area contributed by atoms with Crippen molar-refractivity contribution in [3.63, 3.8) is 0 Å². The Morgan fingerprint density at radius 2 is 2.45 bits per heavy atom. The van der Waals surface area contributed by atoms with Crippen LogP contribution in [0, 0.1) is 10.1 Å². The molecule has 0 amide bonds.